The van der Waals surface area contributed by atoms with Gasteiger partial charge in [0, 0.05) is 24.3 Å². The highest BCUT2D eigenvalue weighted by Gasteiger charge is 2.21. The van der Waals surface area contributed by atoms with Crippen LogP contribution in [0.3, 0.4) is 0 Å². The first-order valence-electron chi connectivity index (χ1n) is 8.17. The van der Waals surface area contributed by atoms with E-state index in [1.165, 1.54) is 17.9 Å². The maximum absolute atomic E-state index is 12.5. The first-order valence-corrected chi connectivity index (χ1v) is 10.6. The fourth-order valence-corrected chi connectivity index (χ4v) is 3.07. The number of carbonyl (C=O) groups is 2. The Hall–Kier alpha value is -2.60. The number of amides is 1. The molecule has 2 aromatic carbocycles. The van der Waals surface area contributed by atoms with Crippen molar-refractivity contribution in [1.82, 2.24) is 5.32 Å². The number of hydrogen-bond donors (Lipinski definition) is 1. The van der Waals surface area contributed by atoms with Crippen molar-refractivity contribution in [2.75, 3.05) is 12.5 Å². The number of alkyl carbamates (subject to hydrolysis) is 1. The SMILES string of the molecule is CS(C)(=O)=CC(=O)C(Cc1ccccc1)NC(=O)OCc1ccccc1. The van der Waals surface area contributed by atoms with Gasteiger partial charge in [0.2, 0.25) is 0 Å². The van der Waals surface area contributed by atoms with Gasteiger partial charge in [0.15, 0.2) is 5.78 Å². The molecule has 2 rings (SSSR count). The lowest BCUT2D eigenvalue weighted by Crippen LogP contribution is -2.43. The van der Waals surface area contributed by atoms with Crippen molar-refractivity contribution < 1.29 is 18.5 Å². The van der Waals surface area contributed by atoms with Crippen molar-refractivity contribution in [1.29, 1.82) is 0 Å². The first-order chi connectivity index (χ1) is 12.3. The van der Waals surface area contributed by atoms with Crippen LogP contribution in [0.2, 0.25) is 0 Å². The topological polar surface area (TPSA) is 72.5 Å². The van der Waals surface area contributed by atoms with Crippen molar-refractivity contribution in [3.8, 4) is 0 Å². The molecular weight excluding hydrogens is 350 g/mol. The van der Waals surface area contributed by atoms with Crippen LogP contribution in [-0.2, 0) is 32.1 Å². The second-order valence-corrected chi connectivity index (χ2v) is 9.13. The second kappa shape index (κ2) is 9.20. The van der Waals surface area contributed by atoms with Gasteiger partial charge in [-0.3, -0.25) is 9.00 Å². The van der Waals surface area contributed by atoms with Crippen molar-refractivity contribution in [2.24, 2.45) is 0 Å². The molecule has 5 nitrogen and oxygen atoms in total. The third-order valence-electron chi connectivity index (χ3n) is 3.53. The zero-order valence-electron chi connectivity index (χ0n) is 14.9. The van der Waals surface area contributed by atoms with Gasteiger partial charge in [0.05, 0.1) is 6.04 Å². The number of carbonyl (C=O) groups excluding carboxylic acids is 2. The predicted molar refractivity (Wildman–Crippen MR) is 105 cm³/mol. The van der Waals surface area contributed by atoms with Crippen LogP contribution in [0.1, 0.15) is 11.1 Å². The van der Waals surface area contributed by atoms with Crippen LogP contribution >= 0.6 is 0 Å². The minimum atomic E-state index is -2.37. The van der Waals surface area contributed by atoms with Gasteiger partial charge in [-0.05, 0) is 20.6 Å². The smallest absolute Gasteiger partial charge is 0.408 e. The maximum Gasteiger partial charge on any atom is 0.408 e. The van der Waals surface area contributed by atoms with E-state index in [1.54, 1.807) is 0 Å². The van der Waals surface area contributed by atoms with E-state index in [1.807, 2.05) is 60.7 Å². The summed E-state index contributed by atoms with van der Waals surface area (Å²) in [5, 5.41) is 3.77. The minimum absolute atomic E-state index is 0.112. The van der Waals surface area contributed by atoms with Crippen molar-refractivity contribution >= 4 is 26.8 Å². The van der Waals surface area contributed by atoms with Gasteiger partial charge < -0.3 is 10.1 Å². The molecule has 26 heavy (non-hydrogen) atoms. The summed E-state index contributed by atoms with van der Waals surface area (Å²) in [6, 6.07) is 17.8. The van der Waals surface area contributed by atoms with E-state index in [4.69, 9.17) is 4.74 Å². The van der Waals surface area contributed by atoms with Crippen LogP contribution in [0.15, 0.2) is 60.7 Å². The van der Waals surface area contributed by atoms with Gasteiger partial charge in [-0.25, -0.2) is 4.79 Å². The first kappa shape index (κ1) is 19.7. The van der Waals surface area contributed by atoms with Gasteiger partial charge in [-0.1, -0.05) is 60.7 Å². The minimum Gasteiger partial charge on any atom is -0.445 e. The van der Waals surface area contributed by atoms with E-state index in [2.05, 4.69) is 5.32 Å². The Labute approximate surface area is 154 Å². The zero-order valence-corrected chi connectivity index (χ0v) is 15.7. The molecule has 0 heterocycles. The number of benzene rings is 2. The Kier molecular flexibility index (Phi) is 6.97. The summed E-state index contributed by atoms with van der Waals surface area (Å²) < 4.78 is 17.1. The van der Waals surface area contributed by atoms with Crippen LogP contribution in [0.25, 0.3) is 0 Å². The summed E-state index contributed by atoms with van der Waals surface area (Å²) >= 11 is 0. The molecule has 0 bridgehead atoms. The zero-order chi connectivity index (χ0) is 19.0. The fourth-order valence-electron chi connectivity index (χ4n) is 2.34. The Morgan fingerprint density at radius 2 is 1.54 bits per heavy atom. The Bertz CT molecular complexity index is 848. The molecular formula is C20H23NO4S. The van der Waals surface area contributed by atoms with Gasteiger partial charge in [0.1, 0.15) is 6.61 Å². The summed E-state index contributed by atoms with van der Waals surface area (Å²) in [6.45, 7) is 0.112. The quantitative estimate of drug-likeness (QED) is 0.757. The molecule has 0 saturated heterocycles. The normalized spacial score (nSPS) is 12.1. The average molecular weight is 373 g/mol. The highest BCUT2D eigenvalue weighted by molar-refractivity contribution is 8.01. The summed E-state index contributed by atoms with van der Waals surface area (Å²) in [6.07, 6.45) is 2.58. The molecule has 1 atom stereocenters. The highest BCUT2D eigenvalue weighted by Crippen LogP contribution is 2.06. The lowest BCUT2D eigenvalue weighted by molar-refractivity contribution is -0.114. The molecule has 1 N–H and O–H groups in total. The Morgan fingerprint density at radius 1 is 1.00 bits per heavy atom. The van der Waals surface area contributed by atoms with Crippen molar-refractivity contribution in [3.05, 3.63) is 71.8 Å². The van der Waals surface area contributed by atoms with Crippen molar-refractivity contribution in [2.45, 2.75) is 19.1 Å². The number of Topliss-reactive ketones (excluding diaryl/α,β-unsaturated/α-hetero) is 1. The van der Waals surface area contributed by atoms with E-state index in [-0.39, 0.29) is 12.4 Å². The molecule has 0 aliphatic heterocycles. The molecule has 138 valence electrons. The molecule has 0 aromatic heterocycles. The monoisotopic (exact) mass is 373 g/mol. The van der Waals surface area contributed by atoms with Gasteiger partial charge >= 0.3 is 6.09 Å². The molecule has 0 saturated carbocycles. The van der Waals surface area contributed by atoms with Gasteiger partial charge in [-0.2, -0.15) is 0 Å². The molecule has 0 aliphatic carbocycles. The summed E-state index contributed by atoms with van der Waals surface area (Å²) in [5.74, 6) is -0.388. The van der Waals surface area contributed by atoms with Crippen molar-refractivity contribution in [3.63, 3.8) is 0 Å². The third kappa shape index (κ3) is 7.11. The predicted octanol–water partition coefficient (Wildman–Crippen LogP) is 2.44. The van der Waals surface area contributed by atoms with Crippen LogP contribution in [0.5, 0.6) is 0 Å². The van der Waals surface area contributed by atoms with E-state index >= 15 is 0 Å². The molecule has 0 fully saturated rings. The maximum atomic E-state index is 12.5. The molecule has 1 amide bonds. The molecule has 2 aromatic rings. The number of ether oxygens (including phenoxy) is 1. The molecule has 0 spiro atoms. The average Bonchev–Trinajstić information content (AvgIpc) is 2.60. The largest absolute Gasteiger partial charge is 0.445 e. The summed E-state index contributed by atoms with van der Waals surface area (Å²) in [4.78, 5) is 24.6. The molecule has 0 radical (unpaired) electrons. The fraction of sp³-hybridized carbons (Fsp3) is 0.250. The van der Waals surface area contributed by atoms with Crippen LogP contribution in [-0.4, -0.2) is 40.0 Å². The van der Waals surface area contributed by atoms with Crippen LogP contribution in [0, 0.1) is 0 Å². The summed E-state index contributed by atoms with van der Waals surface area (Å²) in [7, 11) is -2.37. The number of rotatable bonds is 7. The van der Waals surface area contributed by atoms with E-state index in [0.29, 0.717) is 6.42 Å². The second-order valence-electron chi connectivity index (χ2n) is 6.28. The number of hydrogen-bond acceptors (Lipinski definition) is 4. The summed E-state index contributed by atoms with van der Waals surface area (Å²) in [5.41, 5.74) is 1.74. The standard InChI is InChI=1S/C20H23NO4S/c1-26(2,24)15-19(22)18(13-16-9-5-3-6-10-16)21-20(23)25-14-17-11-7-4-8-12-17/h3-12,15,18H,13-14H2,1-2H3,(H,21,23). The third-order valence-corrected chi connectivity index (χ3v) is 4.33. The lowest BCUT2D eigenvalue weighted by atomic mass is 10.0. The van der Waals surface area contributed by atoms with Crippen LogP contribution in [0.4, 0.5) is 4.79 Å². The van der Waals surface area contributed by atoms with Crippen LogP contribution < -0.4 is 5.32 Å². The molecule has 0 aliphatic rings. The Balaban J connectivity index is 2.06. The van der Waals surface area contributed by atoms with Gasteiger partial charge in [-0.15, -0.1) is 0 Å². The number of ketones is 1. The van der Waals surface area contributed by atoms with E-state index in [9.17, 15) is 13.8 Å². The lowest BCUT2D eigenvalue weighted by Gasteiger charge is -2.16. The van der Waals surface area contributed by atoms with Gasteiger partial charge in [0.25, 0.3) is 0 Å². The molecule has 1 unspecified atom stereocenters. The van der Waals surface area contributed by atoms with E-state index in [0.717, 1.165) is 11.1 Å². The highest BCUT2D eigenvalue weighted by atomic mass is 32.2. The molecule has 6 heteroatoms. The Morgan fingerprint density at radius 3 is 2.08 bits per heavy atom. The van der Waals surface area contributed by atoms with E-state index < -0.39 is 21.7 Å². The number of nitrogens with one attached hydrogen (secondary N) is 1.